The number of hydrogen-bond donors (Lipinski definition) is 2. The lowest BCUT2D eigenvalue weighted by Crippen LogP contribution is -2.17. The van der Waals surface area contributed by atoms with E-state index in [0.29, 0.717) is 16.3 Å². The molecule has 0 aliphatic heterocycles. The van der Waals surface area contributed by atoms with Crippen molar-refractivity contribution in [1.29, 1.82) is 0 Å². The number of rotatable bonds is 6. The largest absolute Gasteiger partial charge is 0.573 e. The van der Waals surface area contributed by atoms with E-state index in [-0.39, 0.29) is 29.2 Å². The van der Waals surface area contributed by atoms with Crippen LogP contribution in [0.1, 0.15) is 12.8 Å². The molecule has 0 amide bonds. The van der Waals surface area contributed by atoms with Crippen LogP contribution in [0.3, 0.4) is 0 Å². The summed E-state index contributed by atoms with van der Waals surface area (Å²) in [7, 11) is 0. The molecule has 156 valence electrons. The van der Waals surface area contributed by atoms with Crippen LogP contribution in [0, 0.1) is 5.82 Å². The fourth-order valence-corrected chi connectivity index (χ4v) is 2.89. The van der Waals surface area contributed by atoms with Crippen LogP contribution < -0.4 is 15.4 Å². The van der Waals surface area contributed by atoms with Gasteiger partial charge in [-0.3, -0.25) is 0 Å². The van der Waals surface area contributed by atoms with E-state index in [1.165, 1.54) is 42.5 Å². The number of ether oxygens (including phenoxy) is 1. The lowest BCUT2D eigenvalue weighted by molar-refractivity contribution is -0.274. The molecule has 1 heterocycles. The zero-order valence-corrected chi connectivity index (χ0v) is 16.1. The third kappa shape index (κ3) is 5.29. The maximum absolute atomic E-state index is 14.1. The molecule has 1 aromatic heterocycles. The fourth-order valence-electron chi connectivity index (χ4n) is 2.72. The van der Waals surface area contributed by atoms with Gasteiger partial charge in [0.1, 0.15) is 17.4 Å². The molecular weight excluding hydrogens is 424 g/mol. The van der Waals surface area contributed by atoms with Gasteiger partial charge in [0.15, 0.2) is 0 Å². The van der Waals surface area contributed by atoms with Crippen LogP contribution in [0.15, 0.2) is 48.5 Å². The van der Waals surface area contributed by atoms with Gasteiger partial charge >= 0.3 is 6.36 Å². The Bertz CT molecular complexity index is 1070. The second-order valence-electron chi connectivity index (χ2n) is 6.71. The van der Waals surface area contributed by atoms with Crippen molar-refractivity contribution in [3.8, 4) is 17.0 Å². The Morgan fingerprint density at radius 3 is 2.57 bits per heavy atom. The van der Waals surface area contributed by atoms with Gasteiger partial charge in [0, 0.05) is 22.7 Å². The van der Waals surface area contributed by atoms with E-state index >= 15 is 0 Å². The number of aromatic nitrogens is 2. The van der Waals surface area contributed by atoms with E-state index in [4.69, 9.17) is 11.6 Å². The van der Waals surface area contributed by atoms with Crippen LogP contribution in [0.4, 0.5) is 35.0 Å². The maximum atomic E-state index is 14.1. The van der Waals surface area contributed by atoms with Crippen molar-refractivity contribution in [3.05, 3.63) is 59.4 Å². The normalized spacial score (nSPS) is 13.8. The first-order valence-electron chi connectivity index (χ1n) is 8.99. The number of alkyl halides is 3. The highest BCUT2D eigenvalue weighted by atomic mass is 35.5. The standard InChI is InChI=1S/C20H15ClF4N4O/c21-12-4-7-15(22)17(9-12)27-18-10-16(28-19(29-18)26-13-5-6-13)11-2-1-3-14(8-11)30-20(23,24)25/h1-4,7-10,13H,5-6H2,(H2,26,27,28,29). The summed E-state index contributed by atoms with van der Waals surface area (Å²) in [4.78, 5) is 8.72. The van der Waals surface area contributed by atoms with Gasteiger partial charge in [-0.1, -0.05) is 23.7 Å². The number of nitrogens with zero attached hydrogens (tertiary/aromatic N) is 2. The van der Waals surface area contributed by atoms with Crippen LogP contribution in [-0.4, -0.2) is 22.4 Å². The maximum Gasteiger partial charge on any atom is 0.573 e. The molecule has 3 aromatic rings. The van der Waals surface area contributed by atoms with Crippen molar-refractivity contribution < 1.29 is 22.3 Å². The molecule has 1 aliphatic rings. The minimum absolute atomic E-state index is 0.110. The average Bonchev–Trinajstić information content (AvgIpc) is 3.47. The average molecular weight is 439 g/mol. The van der Waals surface area contributed by atoms with Gasteiger partial charge in [0.05, 0.1) is 11.4 Å². The summed E-state index contributed by atoms with van der Waals surface area (Å²) in [5, 5.41) is 6.32. The number of anilines is 3. The highest BCUT2D eigenvalue weighted by Crippen LogP contribution is 2.31. The molecule has 4 rings (SSSR count). The Morgan fingerprint density at radius 1 is 1.03 bits per heavy atom. The van der Waals surface area contributed by atoms with Crippen LogP contribution >= 0.6 is 11.6 Å². The minimum atomic E-state index is -4.81. The topological polar surface area (TPSA) is 59.1 Å². The second kappa shape index (κ2) is 7.98. The molecule has 0 spiro atoms. The summed E-state index contributed by atoms with van der Waals surface area (Å²) in [5.74, 6) is -0.365. The quantitative estimate of drug-likeness (QED) is 0.452. The monoisotopic (exact) mass is 438 g/mol. The van der Waals surface area contributed by atoms with Crippen LogP contribution in [-0.2, 0) is 0 Å². The van der Waals surface area contributed by atoms with Crippen molar-refractivity contribution in [3.63, 3.8) is 0 Å². The van der Waals surface area contributed by atoms with Gasteiger partial charge in [0.25, 0.3) is 0 Å². The Morgan fingerprint density at radius 2 is 1.83 bits per heavy atom. The molecule has 2 aromatic carbocycles. The second-order valence-corrected chi connectivity index (χ2v) is 7.14. The van der Waals surface area contributed by atoms with Crippen LogP contribution in [0.5, 0.6) is 5.75 Å². The van der Waals surface area contributed by atoms with Crippen molar-refractivity contribution >= 4 is 29.1 Å². The Labute approximate surface area is 174 Å². The number of benzene rings is 2. The van der Waals surface area contributed by atoms with Gasteiger partial charge < -0.3 is 15.4 Å². The summed E-state index contributed by atoms with van der Waals surface area (Å²) in [6.07, 6.45) is -2.87. The van der Waals surface area contributed by atoms with Gasteiger partial charge in [-0.15, -0.1) is 13.2 Å². The van der Waals surface area contributed by atoms with Crippen molar-refractivity contribution in [2.24, 2.45) is 0 Å². The summed E-state index contributed by atoms with van der Waals surface area (Å²) >= 11 is 5.93. The first-order chi connectivity index (χ1) is 14.2. The first-order valence-corrected chi connectivity index (χ1v) is 9.37. The van der Waals surface area contributed by atoms with Crippen molar-refractivity contribution in [2.75, 3.05) is 10.6 Å². The third-order valence-corrected chi connectivity index (χ3v) is 4.43. The van der Waals surface area contributed by atoms with Crippen LogP contribution in [0.2, 0.25) is 5.02 Å². The van der Waals surface area contributed by atoms with E-state index in [9.17, 15) is 17.6 Å². The Balaban J connectivity index is 1.69. The third-order valence-electron chi connectivity index (χ3n) is 4.19. The molecule has 2 N–H and O–H groups in total. The highest BCUT2D eigenvalue weighted by Gasteiger charge is 2.31. The first kappa shape index (κ1) is 20.2. The molecule has 0 atom stereocenters. The Hall–Kier alpha value is -3.07. The predicted octanol–water partition coefficient (Wildman–Crippen LogP) is 6.15. The molecule has 0 saturated heterocycles. The molecular formula is C20H15ClF4N4O. The van der Waals surface area contributed by atoms with E-state index < -0.39 is 12.2 Å². The highest BCUT2D eigenvalue weighted by molar-refractivity contribution is 6.30. The van der Waals surface area contributed by atoms with E-state index in [1.807, 2.05) is 0 Å². The molecule has 10 heteroatoms. The van der Waals surface area contributed by atoms with Crippen LogP contribution in [0.25, 0.3) is 11.3 Å². The molecule has 5 nitrogen and oxygen atoms in total. The van der Waals surface area contributed by atoms with E-state index in [2.05, 4.69) is 25.3 Å². The van der Waals surface area contributed by atoms with E-state index in [0.717, 1.165) is 12.8 Å². The van der Waals surface area contributed by atoms with Gasteiger partial charge in [-0.25, -0.2) is 9.37 Å². The summed E-state index contributed by atoms with van der Waals surface area (Å²) < 4.78 is 55.7. The molecule has 0 unspecified atom stereocenters. The molecule has 1 saturated carbocycles. The van der Waals surface area contributed by atoms with Crippen molar-refractivity contribution in [1.82, 2.24) is 9.97 Å². The smallest absolute Gasteiger partial charge is 0.406 e. The molecule has 1 aliphatic carbocycles. The SMILES string of the molecule is Fc1ccc(Cl)cc1Nc1cc(-c2cccc(OC(F)(F)F)c2)nc(NC2CC2)n1. The van der Waals surface area contributed by atoms with Crippen molar-refractivity contribution in [2.45, 2.75) is 25.2 Å². The number of nitrogens with one attached hydrogen (secondary N) is 2. The summed E-state index contributed by atoms with van der Waals surface area (Å²) in [6.45, 7) is 0. The minimum Gasteiger partial charge on any atom is -0.406 e. The lowest BCUT2D eigenvalue weighted by Gasteiger charge is -2.13. The molecule has 0 bridgehead atoms. The lowest BCUT2D eigenvalue weighted by atomic mass is 10.1. The molecule has 1 fully saturated rings. The molecule has 0 radical (unpaired) electrons. The fraction of sp³-hybridized carbons (Fsp3) is 0.200. The van der Waals surface area contributed by atoms with Gasteiger partial charge in [-0.05, 0) is 43.2 Å². The number of hydrogen-bond acceptors (Lipinski definition) is 5. The zero-order valence-electron chi connectivity index (χ0n) is 15.3. The summed E-state index contributed by atoms with van der Waals surface area (Å²) in [6, 6.07) is 11.2. The zero-order chi connectivity index (χ0) is 21.3. The number of halogens is 5. The van der Waals surface area contributed by atoms with E-state index in [1.54, 1.807) is 6.07 Å². The van der Waals surface area contributed by atoms with Gasteiger partial charge in [0.2, 0.25) is 5.95 Å². The Kier molecular flexibility index (Phi) is 5.38. The predicted molar refractivity (Wildman–Crippen MR) is 105 cm³/mol. The summed E-state index contributed by atoms with van der Waals surface area (Å²) in [5.41, 5.74) is 0.831. The molecule has 30 heavy (non-hydrogen) atoms. The van der Waals surface area contributed by atoms with Gasteiger partial charge in [-0.2, -0.15) is 4.98 Å².